The summed E-state index contributed by atoms with van der Waals surface area (Å²) in [6, 6.07) is 19.1. The molecule has 116 valence electrons. The number of para-hydroxylation sites is 1. The average molecular weight is 308 g/mol. The van der Waals surface area contributed by atoms with Crippen LogP contribution in [0, 0.1) is 0 Å². The topological polar surface area (TPSA) is 64.3 Å². The normalized spacial score (nSPS) is 10.4. The number of ether oxygens (including phenoxy) is 1. The van der Waals surface area contributed by atoms with E-state index in [2.05, 4.69) is 5.10 Å². The molecule has 23 heavy (non-hydrogen) atoms. The first kappa shape index (κ1) is 14.8. The van der Waals surface area contributed by atoms with Crippen LogP contribution in [0.1, 0.15) is 21.6 Å². The lowest BCUT2D eigenvalue weighted by molar-refractivity contribution is 0.0693. The number of hydrogen-bond donors (Lipinski definition) is 1. The van der Waals surface area contributed by atoms with E-state index in [0.29, 0.717) is 18.0 Å². The minimum Gasteiger partial charge on any atom is -0.487 e. The second kappa shape index (κ2) is 6.79. The minimum absolute atomic E-state index is 0.151. The van der Waals surface area contributed by atoms with Crippen molar-refractivity contribution in [3.63, 3.8) is 0 Å². The summed E-state index contributed by atoms with van der Waals surface area (Å²) in [5.74, 6) is -0.313. The molecule has 0 saturated heterocycles. The summed E-state index contributed by atoms with van der Waals surface area (Å²) in [6.45, 7) is 0.653. The van der Waals surface area contributed by atoms with Crippen molar-refractivity contribution in [1.82, 2.24) is 9.78 Å². The van der Waals surface area contributed by atoms with Gasteiger partial charge in [0.2, 0.25) is 0 Å². The van der Waals surface area contributed by atoms with Gasteiger partial charge in [-0.3, -0.25) is 4.68 Å². The van der Waals surface area contributed by atoms with Crippen LogP contribution in [-0.2, 0) is 13.2 Å². The van der Waals surface area contributed by atoms with Gasteiger partial charge in [0.25, 0.3) is 0 Å². The van der Waals surface area contributed by atoms with Crippen molar-refractivity contribution < 1.29 is 14.6 Å². The highest BCUT2D eigenvalue weighted by molar-refractivity contribution is 5.88. The summed E-state index contributed by atoms with van der Waals surface area (Å²) in [6.07, 6.45) is 1.37. The van der Waals surface area contributed by atoms with Crippen LogP contribution in [0.15, 0.2) is 66.9 Å². The fraction of sp³-hybridized carbons (Fsp3) is 0.111. The van der Waals surface area contributed by atoms with Gasteiger partial charge in [0.15, 0.2) is 0 Å². The molecule has 3 rings (SSSR count). The molecule has 5 heteroatoms. The van der Waals surface area contributed by atoms with Crippen LogP contribution < -0.4 is 4.74 Å². The Morgan fingerprint density at radius 3 is 2.35 bits per heavy atom. The zero-order chi connectivity index (χ0) is 16.1. The van der Waals surface area contributed by atoms with E-state index in [9.17, 15) is 9.90 Å². The Hall–Kier alpha value is -3.08. The maximum atomic E-state index is 11.4. The fourth-order valence-electron chi connectivity index (χ4n) is 2.30. The van der Waals surface area contributed by atoms with E-state index in [4.69, 9.17) is 4.74 Å². The van der Waals surface area contributed by atoms with Crippen molar-refractivity contribution in [2.45, 2.75) is 13.2 Å². The SMILES string of the molecule is O=C(O)c1cnn(Cc2ccccc2)c1COc1ccccc1. The van der Waals surface area contributed by atoms with E-state index >= 15 is 0 Å². The van der Waals surface area contributed by atoms with Crippen molar-refractivity contribution >= 4 is 5.97 Å². The molecule has 0 aliphatic carbocycles. The zero-order valence-corrected chi connectivity index (χ0v) is 12.4. The first-order valence-corrected chi connectivity index (χ1v) is 7.24. The molecule has 0 unspecified atom stereocenters. The second-order valence-electron chi connectivity index (χ2n) is 5.06. The van der Waals surface area contributed by atoms with Gasteiger partial charge in [-0.15, -0.1) is 0 Å². The standard InChI is InChI=1S/C18H16N2O3/c21-18(22)16-11-19-20(12-14-7-3-1-4-8-14)17(16)13-23-15-9-5-2-6-10-15/h1-11H,12-13H2,(H,21,22). The quantitative estimate of drug-likeness (QED) is 0.759. The Morgan fingerprint density at radius 2 is 1.70 bits per heavy atom. The third-order valence-electron chi connectivity index (χ3n) is 3.47. The lowest BCUT2D eigenvalue weighted by atomic mass is 10.2. The number of aromatic nitrogens is 2. The Bertz CT molecular complexity index is 783. The molecule has 5 nitrogen and oxygen atoms in total. The van der Waals surface area contributed by atoms with Crippen LogP contribution in [0.25, 0.3) is 0 Å². The van der Waals surface area contributed by atoms with E-state index in [0.717, 1.165) is 5.56 Å². The number of hydrogen-bond acceptors (Lipinski definition) is 3. The van der Waals surface area contributed by atoms with Gasteiger partial charge in [0.1, 0.15) is 17.9 Å². The van der Waals surface area contributed by atoms with Crippen LogP contribution in [0.4, 0.5) is 0 Å². The Labute approximate surface area is 133 Å². The maximum Gasteiger partial charge on any atom is 0.339 e. The Kier molecular flexibility index (Phi) is 4.38. The van der Waals surface area contributed by atoms with Crippen LogP contribution in [-0.4, -0.2) is 20.9 Å². The first-order chi connectivity index (χ1) is 11.2. The number of rotatable bonds is 6. The van der Waals surface area contributed by atoms with Gasteiger partial charge in [0.05, 0.1) is 18.4 Å². The molecule has 3 aromatic rings. The van der Waals surface area contributed by atoms with Gasteiger partial charge in [-0.25, -0.2) is 4.79 Å². The van der Waals surface area contributed by atoms with E-state index < -0.39 is 5.97 Å². The van der Waals surface area contributed by atoms with Crippen molar-refractivity contribution in [3.8, 4) is 5.75 Å². The number of carboxylic acids is 1. The molecule has 0 fully saturated rings. The van der Waals surface area contributed by atoms with Gasteiger partial charge in [-0.2, -0.15) is 5.10 Å². The van der Waals surface area contributed by atoms with Crippen LogP contribution >= 0.6 is 0 Å². The predicted molar refractivity (Wildman–Crippen MR) is 85.5 cm³/mol. The van der Waals surface area contributed by atoms with Crippen molar-refractivity contribution in [2.24, 2.45) is 0 Å². The molecule has 0 atom stereocenters. The molecule has 0 amide bonds. The van der Waals surface area contributed by atoms with Gasteiger partial charge >= 0.3 is 5.97 Å². The van der Waals surface area contributed by atoms with Crippen molar-refractivity contribution in [1.29, 1.82) is 0 Å². The largest absolute Gasteiger partial charge is 0.487 e. The monoisotopic (exact) mass is 308 g/mol. The highest BCUT2D eigenvalue weighted by Crippen LogP contribution is 2.16. The third kappa shape index (κ3) is 3.58. The molecule has 0 spiro atoms. The summed E-state index contributed by atoms with van der Waals surface area (Å²) in [5, 5.41) is 13.5. The molecule has 1 N–H and O–H groups in total. The maximum absolute atomic E-state index is 11.4. The van der Waals surface area contributed by atoms with Crippen molar-refractivity contribution in [3.05, 3.63) is 83.7 Å². The smallest absolute Gasteiger partial charge is 0.339 e. The van der Waals surface area contributed by atoms with Crippen molar-refractivity contribution in [2.75, 3.05) is 0 Å². The number of nitrogens with zero attached hydrogens (tertiary/aromatic N) is 2. The van der Waals surface area contributed by atoms with Crippen LogP contribution in [0.2, 0.25) is 0 Å². The number of carboxylic acid groups (broad SMARTS) is 1. The number of aromatic carboxylic acids is 1. The predicted octanol–water partition coefficient (Wildman–Crippen LogP) is 3.21. The van der Waals surface area contributed by atoms with Gasteiger partial charge < -0.3 is 9.84 Å². The Balaban J connectivity index is 1.84. The molecule has 1 heterocycles. The Morgan fingerprint density at radius 1 is 1.04 bits per heavy atom. The molecule has 0 bridgehead atoms. The lowest BCUT2D eigenvalue weighted by Crippen LogP contribution is -2.12. The van der Waals surface area contributed by atoms with E-state index in [1.165, 1.54) is 6.20 Å². The zero-order valence-electron chi connectivity index (χ0n) is 12.4. The van der Waals surface area contributed by atoms with E-state index in [-0.39, 0.29) is 12.2 Å². The minimum atomic E-state index is -1.00. The molecule has 0 aliphatic rings. The summed E-state index contributed by atoms with van der Waals surface area (Å²) in [4.78, 5) is 11.4. The van der Waals surface area contributed by atoms with Crippen LogP contribution in [0.3, 0.4) is 0 Å². The molecular formula is C18H16N2O3. The highest BCUT2D eigenvalue weighted by atomic mass is 16.5. The number of benzene rings is 2. The molecule has 0 saturated carbocycles. The van der Waals surface area contributed by atoms with Gasteiger partial charge in [-0.05, 0) is 17.7 Å². The summed E-state index contributed by atoms with van der Waals surface area (Å²) in [7, 11) is 0. The van der Waals surface area contributed by atoms with Gasteiger partial charge in [0, 0.05) is 0 Å². The second-order valence-corrected chi connectivity index (χ2v) is 5.06. The molecular weight excluding hydrogens is 292 g/mol. The summed E-state index contributed by atoms with van der Waals surface area (Å²) < 4.78 is 7.36. The van der Waals surface area contributed by atoms with Crippen LogP contribution in [0.5, 0.6) is 5.75 Å². The molecule has 0 radical (unpaired) electrons. The lowest BCUT2D eigenvalue weighted by Gasteiger charge is -2.10. The molecule has 1 aromatic heterocycles. The average Bonchev–Trinajstić information content (AvgIpc) is 2.98. The van der Waals surface area contributed by atoms with E-state index in [1.807, 2.05) is 60.7 Å². The van der Waals surface area contributed by atoms with E-state index in [1.54, 1.807) is 4.68 Å². The first-order valence-electron chi connectivity index (χ1n) is 7.24. The van der Waals surface area contributed by atoms with Gasteiger partial charge in [-0.1, -0.05) is 48.5 Å². The third-order valence-corrected chi connectivity index (χ3v) is 3.47. The highest BCUT2D eigenvalue weighted by Gasteiger charge is 2.17. The summed E-state index contributed by atoms with van der Waals surface area (Å²) >= 11 is 0. The fourth-order valence-corrected chi connectivity index (χ4v) is 2.30. The summed E-state index contributed by atoms with van der Waals surface area (Å²) in [5.41, 5.74) is 1.76. The molecule has 0 aliphatic heterocycles. The molecule has 2 aromatic carbocycles. The number of carbonyl (C=O) groups is 1.